The number of ether oxygens (including phenoxy) is 1. The van der Waals surface area contributed by atoms with Gasteiger partial charge in [0.2, 0.25) is 0 Å². The molecule has 2 aromatic carbocycles. The minimum atomic E-state index is -0.385. The van der Waals surface area contributed by atoms with E-state index in [4.69, 9.17) is 9.72 Å². The molecule has 1 atom stereocenters. The standard InChI is InChI=1S/C30H40N4O3/c1-5-25(33(20-19-21(2)3)30(36)31-22-13-7-6-8-14-22)28-32-24-16-10-9-15-23(24)29(35)34(28)26-17-11-12-18-27(26)37-4/h9-12,15-18,21-22,25H,5-8,13-14,19-20H2,1-4H3,(H,31,36). The number of carbonyl (C=O) groups is 1. The first kappa shape index (κ1) is 26.7. The van der Waals surface area contributed by atoms with Crippen molar-refractivity contribution >= 4 is 16.9 Å². The molecule has 1 aliphatic rings. The Morgan fingerprint density at radius 2 is 1.81 bits per heavy atom. The molecule has 7 nitrogen and oxygen atoms in total. The molecular weight excluding hydrogens is 464 g/mol. The fraction of sp³-hybridized carbons (Fsp3) is 0.500. The van der Waals surface area contributed by atoms with Crippen LogP contribution >= 0.6 is 0 Å². The Bertz CT molecular complexity index is 1260. The van der Waals surface area contributed by atoms with Crippen LogP contribution in [-0.4, -0.2) is 40.2 Å². The lowest BCUT2D eigenvalue weighted by molar-refractivity contribution is 0.157. The van der Waals surface area contributed by atoms with Crippen LogP contribution < -0.4 is 15.6 Å². The van der Waals surface area contributed by atoms with E-state index in [1.807, 2.05) is 47.4 Å². The van der Waals surface area contributed by atoms with Crippen molar-refractivity contribution in [3.8, 4) is 11.4 Å². The third kappa shape index (κ3) is 5.97. The number of nitrogens with one attached hydrogen (secondary N) is 1. The van der Waals surface area contributed by atoms with Gasteiger partial charge in [0.1, 0.15) is 11.6 Å². The van der Waals surface area contributed by atoms with E-state index in [-0.39, 0.29) is 23.7 Å². The van der Waals surface area contributed by atoms with Crippen LogP contribution in [0.25, 0.3) is 16.6 Å². The van der Waals surface area contributed by atoms with E-state index in [0.29, 0.717) is 47.0 Å². The second-order valence-electron chi connectivity index (χ2n) is 10.4. The molecule has 0 saturated heterocycles. The highest BCUT2D eigenvalue weighted by molar-refractivity contribution is 5.79. The number of hydrogen-bond acceptors (Lipinski definition) is 4. The molecular formula is C30H40N4O3. The Labute approximate surface area is 219 Å². The number of methoxy groups -OCH3 is 1. The molecule has 1 saturated carbocycles. The van der Waals surface area contributed by atoms with Crippen molar-refractivity contribution in [3.63, 3.8) is 0 Å². The van der Waals surface area contributed by atoms with Gasteiger partial charge in [-0.1, -0.05) is 64.3 Å². The molecule has 1 N–H and O–H groups in total. The molecule has 0 bridgehead atoms. The van der Waals surface area contributed by atoms with E-state index in [9.17, 15) is 9.59 Å². The SMILES string of the molecule is CCC(c1nc2ccccc2c(=O)n1-c1ccccc1OC)N(CCC(C)C)C(=O)NC1CCCCC1. The number of amides is 2. The zero-order valence-electron chi connectivity index (χ0n) is 22.6. The van der Waals surface area contributed by atoms with Crippen molar-refractivity contribution in [1.82, 2.24) is 19.8 Å². The van der Waals surface area contributed by atoms with E-state index in [2.05, 4.69) is 26.1 Å². The monoisotopic (exact) mass is 504 g/mol. The molecule has 0 aliphatic heterocycles. The maximum atomic E-state index is 14.0. The molecule has 1 aromatic heterocycles. The van der Waals surface area contributed by atoms with Gasteiger partial charge in [-0.05, 0) is 55.9 Å². The van der Waals surface area contributed by atoms with Crippen LogP contribution in [0.5, 0.6) is 5.75 Å². The van der Waals surface area contributed by atoms with Crippen molar-refractivity contribution in [2.24, 2.45) is 5.92 Å². The van der Waals surface area contributed by atoms with Gasteiger partial charge >= 0.3 is 6.03 Å². The van der Waals surface area contributed by atoms with Gasteiger partial charge in [0.05, 0.1) is 29.7 Å². The van der Waals surface area contributed by atoms with E-state index in [1.165, 1.54) is 6.42 Å². The van der Waals surface area contributed by atoms with Gasteiger partial charge in [-0.25, -0.2) is 9.78 Å². The number of urea groups is 1. The summed E-state index contributed by atoms with van der Waals surface area (Å²) in [7, 11) is 1.60. The first-order valence-electron chi connectivity index (χ1n) is 13.7. The van der Waals surface area contributed by atoms with Gasteiger partial charge in [-0.3, -0.25) is 9.36 Å². The minimum Gasteiger partial charge on any atom is -0.495 e. The summed E-state index contributed by atoms with van der Waals surface area (Å²) in [4.78, 5) is 34.7. The quantitative estimate of drug-likeness (QED) is 0.374. The van der Waals surface area contributed by atoms with Gasteiger partial charge in [0, 0.05) is 12.6 Å². The van der Waals surface area contributed by atoms with Gasteiger partial charge < -0.3 is 15.0 Å². The predicted octanol–water partition coefficient (Wildman–Crippen LogP) is 6.24. The Kier molecular flexibility index (Phi) is 8.85. The highest BCUT2D eigenvalue weighted by atomic mass is 16.5. The maximum absolute atomic E-state index is 14.0. The predicted molar refractivity (Wildman–Crippen MR) is 148 cm³/mol. The minimum absolute atomic E-state index is 0.0756. The summed E-state index contributed by atoms with van der Waals surface area (Å²) < 4.78 is 7.29. The topological polar surface area (TPSA) is 76.5 Å². The molecule has 0 radical (unpaired) electrons. The number of fused-ring (bicyclic) bond motifs is 1. The molecule has 0 spiro atoms. The molecule has 1 fully saturated rings. The van der Waals surface area contributed by atoms with E-state index >= 15 is 0 Å². The summed E-state index contributed by atoms with van der Waals surface area (Å²) in [6.45, 7) is 6.96. The van der Waals surface area contributed by atoms with E-state index in [1.54, 1.807) is 17.7 Å². The van der Waals surface area contributed by atoms with Crippen molar-refractivity contribution in [2.45, 2.75) is 77.8 Å². The average Bonchev–Trinajstić information content (AvgIpc) is 2.91. The second-order valence-corrected chi connectivity index (χ2v) is 10.4. The highest BCUT2D eigenvalue weighted by Gasteiger charge is 2.31. The number of benzene rings is 2. The van der Waals surface area contributed by atoms with Gasteiger partial charge in [0.25, 0.3) is 5.56 Å². The third-order valence-corrected chi connectivity index (χ3v) is 7.33. The molecule has 1 unspecified atom stereocenters. The summed E-state index contributed by atoms with van der Waals surface area (Å²) in [6.07, 6.45) is 7.03. The van der Waals surface area contributed by atoms with E-state index < -0.39 is 0 Å². The van der Waals surface area contributed by atoms with Crippen LogP contribution in [0.4, 0.5) is 4.79 Å². The molecule has 37 heavy (non-hydrogen) atoms. The van der Waals surface area contributed by atoms with Crippen molar-refractivity contribution in [2.75, 3.05) is 13.7 Å². The second kappa shape index (κ2) is 12.3. The summed E-state index contributed by atoms with van der Waals surface area (Å²) >= 11 is 0. The highest BCUT2D eigenvalue weighted by Crippen LogP contribution is 2.30. The summed E-state index contributed by atoms with van der Waals surface area (Å²) in [5.41, 5.74) is 1.09. The smallest absolute Gasteiger partial charge is 0.318 e. The first-order chi connectivity index (χ1) is 17.9. The summed E-state index contributed by atoms with van der Waals surface area (Å²) in [6, 6.07) is 14.6. The van der Waals surface area contributed by atoms with Gasteiger partial charge in [-0.15, -0.1) is 0 Å². The lowest BCUT2D eigenvalue weighted by Crippen LogP contribution is -2.48. The number of carbonyl (C=O) groups excluding carboxylic acids is 1. The third-order valence-electron chi connectivity index (χ3n) is 7.33. The summed E-state index contributed by atoms with van der Waals surface area (Å²) in [5.74, 6) is 1.57. The zero-order chi connectivity index (χ0) is 26.4. The van der Waals surface area contributed by atoms with E-state index in [0.717, 1.165) is 32.1 Å². The lowest BCUT2D eigenvalue weighted by Gasteiger charge is -2.35. The number of rotatable bonds is 9. The first-order valence-corrected chi connectivity index (χ1v) is 13.7. The Morgan fingerprint density at radius 1 is 1.11 bits per heavy atom. The van der Waals surface area contributed by atoms with Crippen LogP contribution in [0.1, 0.15) is 77.6 Å². The van der Waals surface area contributed by atoms with Gasteiger partial charge in [-0.2, -0.15) is 0 Å². The number of aromatic nitrogens is 2. The molecule has 7 heteroatoms. The molecule has 2 amide bonds. The number of hydrogen-bond donors (Lipinski definition) is 1. The van der Waals surface area contributed by atoms with Crippen LogP contribution in [0.2, 0.25) is 0 Å². The molecule has 198 valence electrons. The van der Waals surface area contributed by atoms with Crippen molar-refractivity contribution in [3.05, 3.63) is 64.7 Å². The van der Waals surface area contributed by atoms with Crippen LogP contribution in [0.15, 0.2) is 53.3 Å². The molecule has 4 rings (SSSR count). The molecule has 1 aliphatic carbocycles. The average molecular weight is 505 g/mol. The maximum Gasteiger partial charge on any atom is 0.318 e. The fourth-order valence-electron chi connectivity index (χ4n) is 5.26. The Balaban J connectivity index is 1.86. The van der Waals surface area contributed by atoms with Crippen molar-refractivity contribution < 1.29 is 9.53 Å². The Hall–Kier alpha value is -3.35. The zero-order valence-corrected chi connectivity index (χ0v) is 22.6. The lowest BCUT2D eigenvalue weighted by atomic mass is 9.95. The summed E-state index contributed by atoms with van der Waals surface area (Å²) in [5, 5.41) is 3.84. The van der Waals surface area contributed by atoms with Crippen LogP contribution in [0.3, 0.4) is 0 Å². The Morgan fingerprint density at radius 3 is 2.51 bits per heavy atom. The largest absolute Gasteiger partial charge is 0.495 e. The normalized spacial score (nSPS) is 15.1. The number of nitrogens with zero attached hydrogens (tertiary/aromatic N) is 3. The molecule has 1 heterocycles. The number of para-hydroxylation sites is 3. The van der Waals surface area contributed by atoms with Gasteiger partial charge in [0.15, 0.2) is 0 Å². The van der Waals surface area contributed by atoms with Crippen LogP contribution in [-0.2, 0) is 0 Å². The molecule has 3 aromatic rings. The fourth-order valence-corrected chi connectivity index (χ4v) is 5.26. The van der Waals surface area contributed by atoms with Crippen LogP contribution in [0, 0.1) is 5.92 Å². The van der Waals surface area contributed by atoms with Crippen molar-refractivity contribution in [1.29, 1.82) is 0 Å².